The van der Waals surface area contributed by atoms with Gasteiger partial charge in [-0.25, -0.2) is 4.98 Å². The molecule has 1 aromatic carbocycles. The maximum Gasteiger partial charge on any atom is 0.280 e. The fourth-order valence-electron chi connectivity index (χ4n) is 3.29. The Kier molecular flexibility index (Phi) is 4.96. The van der Waals surface area contributed by atoms with Crippen LogP contribution in [0.4, 0.5) is 11.6 Å². The van der Waals surface area contributed by atoms with E-state index in [1.54, 1.807) is 18.2 Å². The van der Waals surface area contributed by atoms with Crippen LogP contribution in [0.15, 0.2) is 35.4 Å². The van der Waals surface area contributed by atoms with Gasteiger partial charge >= 0.3 is 0 Å². The van der Waals surface area contributed by atoms with Crippen molar-refractivity contribution in [3.05, 3.63) is 56.6 Å². The second-order valence-electron chi connectivity index (χ2n) is 6.61. The summed E-state index contributed by atoms with van der Waals surface area (Å²) in [6, 6.07) is 6.28. The van der Waals surface area contributed by atoms with Gasteiger partial charge in [0.15, 0.2) is 11.2 Å². The molecule has 152 valence electrons. The maximum absolute atomic E-state index is 11.9. The van der Waals surface area contributed by atoms with Gasteiger partial charge in [-0.15, -0.1) is 0 Å². The fraction of sp³-hybridized carbons (Fsp3) is 0.353. The SMILES string of the molecule is Nc1nc2c(ncn2[C@H]2C[C@H](O)[C@@H](COCc3ccccc3[N+](=O)[O-])O2)c(=O)[nH]1. The number of hydrogen-bond acceptors (Lipinski definition) is 9. The summed E-state index contributed by atoms with van der Waals surface area (Å²) in [5, 5.41) is 21.4. The van der Waals surface area contributed by atoms with Gasteiger partial charge in [0.05, 0.1) is 36.1 Å². The van der Waals surface area contributed by atoms with Crippen molar-refractivity contribution in [3.63, 3.8) is 0 Å². The number of nitrogens with zero attached hydrogens (tertiary/aromatic N) is 4. The Morgan fingerprint density at radius 2 is 2.24 bits per heavy atom. The topological polar surface area (TPSA) is 171 Å². The van der Waals surface area contributed by atoms with Crippen LogP contribution in [0, 0.1) is 10.1 Å². The number of nitrogens with one attached hydrogen (secondary N) is 1. The highest BCUT2D eigenvalue weighted by Crippen LogP contribution is 2.31. The lowest BCUT2D eigenvalue weighted by Crippen LogP contribution is -2.26. The molecule has 0 radical (unpaired) electrons. The van der Waals surface area contributed by atoms with E-state index in [4.69, 9.17) is 15.2 Å². The van der Waals surface area contributed by atoms with Crippen LogP contribution in [0.3, 0.4) is 0 Å². The maximum atomic E-state index is 11.9. The van der Waals surface area contributed by atoms with E-state index in [0.29, 0.717) is 5.56 Å². The van der Waals surface area contributed by atoms with E-state index in [0.717, 1.165) is 0 Å². The van der Waals surface area contributed by atoms with E-state index in [2.05, 4.69) is 15.0 Å². The van der Waals surface area contributed by atoms with Gasteiger partial charge in [-0.3, -0.25) is 24.5 Å². The van der Waals surface area contributed by atoms with Gasteiger partial charge in [-0.2, -0.15) is 4.98 Å². The number of aliphatic hydroxyl groups excluding tert-OH is 1. The summed E-state index contributed by atoms with van der Waals surface area (Å²) < 4.78 is 12.9. The number of nitro groups is 1. The third kappa shape index (κ3) is 3.68. The molecule has 0 saturated carbocycles. The summed E-state index contributed by atoms with van der Waals surface area (Å²) in [6.45, 7) is 0.0440. The van der Waals surface area contributed by atoms with Gasteiger partial charge in [0, 0.05) is 12.5 Å². The summed E-state index contributed by atoms with van der Waals surface area (Å²) in [5.41, 5.74) is 5.91. The largest absolute Gasteiger partial charge is 0.390 e. The number of aliphatic hydroxyl groups is 1. The summed E-state index contributed by atoms with van der Waals surface area (Å²) >= 11 is 0. The van der Waals surface area contributed by atoms with Crippen molar-refractivity contribution in [1.82, 2.24) is 19.5 Å². The van der Waals surface area contributed by atoms with Crippen molar-refractivity contribution in [1.29, 1.82) is 0 Å². The van der Waals surface area contributed by atoms with Crippen molar-refractivity contribution < 1.29 is 19.5 Å². The second kappa shape index (κ2) is 7.58. The van der Waals surface area contributed by atoms with Gasteiger partial charge in [-0.05, 0) is 6.07 Å². The first kappa shape index (κ1) is 19.0. The van der Waals surface area contributed by atoms with Crippen molar-refractivity contribution >= 4 is 22.8 Å². The van der Waals surface area contributed by atoms with Crippen LogP contribution in [-0.4, -0.2) is 48.4 Å². The minimum Gasteiger partial charge on any atom is -0.390 e. The molecule has 12 heteroatoms. The lowest BCUT2D eigenvalue weighted by Gasteiger charge is -2.16. The molecule has 0 bridgehead atoms. The number of aromatic nitrogens is 4. The molecule has 1 aliphatic heterocycles. The zero-order chi connectivity index (χ0) is 20.5. The number of anilines is 1. The van der Waals surface area contributed by atoms with Crippen molar-refractivity contribution in [2.24, 2.45) is 0 Å². The lowest BCUT2D eigenvalue weighted by molar-refractivity contribution is -0.386. The Labute approximate surface area is 163 Å². The summed E-state index contributed by atoms with van der Waals surface area (Å²) in [7, 11) is 0. The predicted octanol–water partition coefficient (Wildman–Crippen LogP) is 0.475. The number of H-pyrrole nitrogens is 1. The molecule has 4 N–H and O–H groups in total. The number of hydrogen-bond donors (Lipinski definition) is 3. The molecule has 1 fully saturated rings. The van der Waals surface area contributed by atoms with Crippen LogP contribution >= 0.6 is 0 Å². The second-order valence-corrected chi connectivity index (χ2v) is 6.61. The van der Waals surface area contributed by atoms with Gasteiger partial charge in [0.2, 0.25) is 5.95 Å². The summed E-state index contributed by atoms with van der Waals surface area (Å²) in [5.74, 6) is -0.0489. The van der Waals surface area contributed by atoms with E-state index in [1.807, 2.05) is 0 Å². The normalized spacial score (nSPS) is 21.6. The van der Waals surface area contributed by atoms with Crippen LogP contribution < -0.4 is 11.3 Å². The molecule has 0 aliphatic carbocycles. The van der Waals surface area contributed by atoms with Crippen LogP contribution in [0.5, 0.6) is 0 Å². The highest BCUT2D eigenvalue weighted by atomic mass is 16.6. The number of nitro benzene ring substituents is 1. The molecule has 1 saturated heterocycles. The molecule has 0 amide bonds. The number of nitrogen functional groups attached to an aromatic ring is 1. The van der Waals surface area contributed by atoms with Gasteiger partial charge < -0.3 is 20.3 Å². The number of imidazole rings is 1. The number of aromatic amines is 1. The average molecular weight is 402 g/mol. The Morgan fingerprint density at radius 3 is 3.03 bits per heavy atom. The third-order valence-corrected chi connectivity index (χ3v) is 4.69. The number of ether oxygens (including phenoxy) is 2. The lowest BCUT2D eigenvalue weighted by atomic mass is 10.2. The molecule has 2 aromatic heterocycles. The Bertz CT molecular complexity index is 1110. The molecule has 0 spiro atoms. The third-order valence-electron chi connectivity index (χ3n) is 4.69. The smallest absolute Gasteiger partial charge is 0.280 e. The molecule has 1 aliphatic rings. The molecule has 4 rings (SSSR count). The monoisotopic (exact) mass is 402 g/mol. The zero-order valence-electron chi connectivity index (χ0n) is 15.1. The standard InChI is InChI=1S/C17H18N6O6/c18-17-20-15-14(16(25)21-17)19-8-22(15)13-5-11(24)12(29-13)7-28-6-9-3-1-2-4-10(9)23(26)27/h1-4,8,11-13,24H,5-7H2,(H3,18,20,21,25)/t11-,12+,13+/m0/s1. The van der Waals surface area contributed by atoms with Crippen LogP contribution in [0.25, 0.3) is 11.2 Å². The Hall–Kier alpha value is -3.35. The molecule has 12 nitrogen and oxygen atoms in total. The highest BCUT2D eigenvalue weighted by molar-refractivity contribution is 5.70. The van der Waals surface area contributed by atoms with Crippen LogP contribution in [-0.2, 0) is 16.1 Å². The first-order chi connectivity index (χ1) is 13.9. The molecular formula is C17H18N6O6. The average Bonchev–Trinajstić information content (AvgIpc) is 3.25. The Balaban J connectivity index is 1.44. The van der Waals surface area contributed by atoms with E-state index in [9.17, 15) is 20.0 Å². The molecule has 0 unspecified atom stereocenters. The first-order valence-corrected chi connectivity index (χ1v) is 8.80. The minimum atomic E-state index is -0.831. The molecular weight excluding hydrogens is 384 g/mol. The predicted molar refractivity (Wildman–Crippen MR) is 99.8 cm³/mol. The molecule has 3 aromatic rings. The van der Waals surface area contributed by atoms with E-state index >= 15 is 0 Å². The molecule has 3 heterocycles. The number of para-hydroxylation sites is 1. The minimum absolute atomic E-state index is 0.00979. The number of fused-ring (bicyclic) bond motifs is 1. The van der Waals surface area contributed by atoms with Gasteiger partial charge in [0.25, 0.3) is 11.2 Å². The zero-order valence-corrected chi connectivity index (χ0v) is 15.1. The van der Waals surface area contributed by atoms with E-state index in [1.165, 1.54) is 17.0 Å². The molecule has 29 heavy (non-hydrogen) atoms. The van der Waals surface area contributed by atoms with Gasteiger partial charge in [0.1, 0.15) is 12.3 Å². The number of benzene rings is 1. The van der Waals surface area contributed by atoms with E-state index < -0.39 is 28.9 Å². The van der Waals surface area contributed by atoms with Crippen molar-refractivity contribution in [3.8, 4) is 0 Å². The van der Waals surface area contributed by atoms with E-state index in [-0.39, 0.29) is 42.4 Å². The molecule has 3 atom stereocenters. The summed E-state index contributed by atoms with van der Waals surface area (Å²) in [6.07, 6.45) is -0.454. The first-order valence-electron chi connectivity index (χ1n) is 8.80. The highest BCUT2D eigenvalue weighted by Gasteiger charge is 2.36. The van der Waals surface area contributed by atoms with Crippen molar-refractivity contribution in [2.75, 3.05) is 12.3 Å². The number of rotatable bonds is 6. The van der Waals surface area contributed by atoms with Gasteiger partial charge in [-0.1, -0.05) is 12.1 Å². The van der Waals surface area contributed by atoms with Crippen molar-refractivity contribution in [2.45, 2.75) is 31.5 Å². The quantitative estimate of drug-likeness (QED) is 0.391. The fourth-order valence-corrected chi connectivity index (χ4v) is 3.29. The number of nitrogens with two attached hydrogens (primary N) is 1. The Morgan fingerprint density at radius 1 is 1.45 bits per heavy atom. The van der Waals surface area contributed by atoms with Crippen LogP contribution in [0.1, 0.15) is 18.2 Å². The summed E-state index contributed by atoms with van der Waals surface area (Å²) in [4.78, 5) is 33.0. The van der Waals surface area contributed by atoms with Crippen LogP contribution in [0.2, 0.25) is 0 Å².